The molecule has 144 valence electrons. The van der Waals surface area contributed by atoms with Crippen molar-refractivity contribution in [1.29, 1.82) is 0 Å². The van der Waals surface area contributed by atoms with Crippen LogP contribution in [0.15, 0.2) is 29.2 Å². The van der Waals surface area contributed by atoms with E-state index in [-0.39, 0.29) is 52.5 Å². The number of sulfonamides is 1. The molecule has 0 saturated heterocycles. The molecule has 1 heterocycles. The minimum atomic E-state index is -4.36. The number of rotatable bonds is 5. The van der Waals surface area contributed by atoms with Gasteiger partial charge >= 0.3 is 18.0 Å². The van der Waals surface area contributed by atoms with Gasteiger partial charge in [-0.05, 0) is 19.1 Å². The molecule has 2 amide bonds. The average Bonchev–Trinajstić information content (AvgIpc) is 2.59. The molecule has 0 spiro atoms. The van der Waals surface area contributed by atoms with E-state index in [0.717, 1.165) is 13.2 Å². The topological polar surface area (TPSA) is 149 Å². The van der Waals surface area contributed by atoms with Crippen LogP contribution in [-0.2, 0) is 14.8 Å². The van der Waals surface area contributed by atoms with E-state index in [4.69, 9.17) is 4.74 Å². The summed E-state index contributed by atoms with van der Waals surface area (Å²) < 4.78 is 36.0. The van der Waals surface area contributed by atoms with Crippen LogP contribution in [0.2, 0.25) is 0 Å². The van der Waals surface area contributed by atoms with Gasteiger partial charge in [-0.2, -0.15) is 15.0 Å². The Labute approximate surface area is 176 Å². The number of hydrogen-bond acceptors (Lipinski definition) is 9. The van der Waals surface area contributed by atoms with Crippen LogP contribution in [0.4, 0.5) is 10.7 Å². The number of amides is 2. The van der Waals surface area contributed by atoms with E-state index in [9.17, 15) is 18.0 Å². The van der Waals surface area contributed by atoms with E-state index in [1.807, 2.05) is 0 Å². The fraction of sp³-hybridized carbons (Fsp3) is 0.214. The van der Waals surface area contributed by atoms with Crippen LogP contribution in [0.5, 0.6) is 6.01 Å². The molecule has 0 saturated carbocycles. The number of methoxy groups -OCH3 is 2. The number of nitrogens with one attached hydrogen (secondary N) is 2. The Kier molecular flexibility index (Phi) is 8.08. The molecule has 11 nitrogen and oxygen atoms in total. The summed E-state index contributed by atoms with van der Waals surface area (Å²) in [6.07, 6.45) is 0. The van der Waals surface area contributed by atoms with Gasteiger partial charge in [0.25, 0.3) is 10.0 Å². The van der Waals surface area contributed by atoms with Crippen molar-refractivity contribution < 1.29 is 56.7 Å². The molecule has 0 unspecified atom stereocenters. The van der Waals surface area contributed by atoms with Crippen molar-refractivity contribution >= 4 is 28.0 Å². The fourth-order valence-electron chi connectivity index (χ4n) is 1.89. The number of carbonyl (C=O) groups is 2. The van der Waals surface area contributed by atoms with E-state index in [0.29, 0.717) is 0 Å². The predicted molar refractivity (Wildman–Crippen MR) is 88.2 cm³/mol. The van der Waals surface area contributed by atoms with E-state index in [1.165, 1.54) is 32.2 Å². The van der Waals surface area contributed by atoms with Gasteiger partial charge in [-0.15, -0.1) is 0 Å². The third kappa shape index (κ3) is 5.85. The van der Waals surface area contributed by atoms with Crippen molar-refractivity contribution in [3.63, 3.8) is 0 Å². The third-order valence-corrected chi connectivity index (χ3v) is 4.33. The Hall–Kier alpha value is -2.29. The Morgan fingerprint density at radius 3 is 2.37 bits per heavy atom. The summed E-state index contributed by atoms with van der Waals surface area (Å²) >= 11 is 0. The average molecular weight is 625 g/mol. The van der Waals surface area contributed by atoms with Gasteiger partial charge in [0, 0.05) is 29.2 Å². The van der Waals surface area contributed by atoms with E-state index >= 15 is 0 Å². The second-order valence-electron chi connectivity index (χ2n) is 4.74. The number of ether oxygens (including phenoxy) is 2. The van der Waals surface area contributed by atoms with E-state index in [2.05, 4.69) is 25.0 Å². The van der Waals surface area contributed by atoms with Gasteiger partial charge in [-0.25, -0.2) is 22.7 Å². The van der Waals surface area contributed by atoms with Gasteiger partial charge in [0.1, 0.15) is 10.7 Å². The zero-order valence-electron chi connectivity index (χ0n) is 14.4. The standard InChI is InChI=1S/C14H15N5O6S.Pu/c1-8-15-12(18-14(16-8)25-3)17-13(21)19-26(22,23)10-7-5-4-6-9(10)11(20)24-2;/h4-7H,1-3H3,(H2,15,16,17,18,19,21);. The van der Waals surface area contributed by atoms with Gasteiger partial charge in [-0.1, -0.05) is 12.1 Å². The summed E-state index contributed by atoms with van der Waals surface area (Å²) in [5.41, 5.74) is -0.215. The number of urea groups is 1. The second kappa shape index (κ2) is 9.59. The van der Waals surface area contributed by atoms with Crippen molar-refractivity contribution in [2.75, 3.05) is 19.5 Å². The van der Waals surface area contributed by atoms with Gasteiger partial charge < -0.3 is 9.47 Å². The zero-order chi connectivity index (χ0) is 19.3. The molecule has 2 N–H and O–H groups in total. The number of esters is 1. The maximum absolute atomic E-state index is 12.4. The number of benzene rings is 1. The van der Waals surface area contributed by atoms with Crippen LogP contribution in [0, 0.1) is 36.1 Å². The molecule has 13 heteroatoms. The molecule has 27 heavy (non-hydrogen) atoms. The first-order chi connectivity index (χ1) is 12.3. The number of aryl methyl sites for hydroxylation is 1. The largest absolute Gasteiger partial charge is 0.467 e. The van der Waals surface area contributed by atoms with Gasteiger partial charge in [0.15, 0.2) is 0 Å². The normalized spacial score (nSPS) is 10.3. The molecule has 2 aromatic rings. The van der Waals surface area contributed by atoms with Crippen molar-refractivity contribution in [2.24, 2.45) is 0 Å². The van der Waals surface area contributed by atoms with Crippen molar-refractivity contribution in [1.82, 2.24) is 19.7 Å². The molecule has 0 radical (unpaired) electrons. The Balaban J connectivity index is 0.00000364. The van der Waals surface area contributed by atoms with E-state index < -0.39 is 26.9 Å². The monoisotopic (exact) mass is 619 g/mol. The van der Waals surface area contributed by atoms with Crippen molar-refractivity contribution in [3.05, 3.63) is 35.7 Å². The maximum atomic E-state index is 12.4. The maximum Gasteiger partial charge on any atom is 0.339 e. The predicted octanol–water partition coefficient (Wildman–Crippen LogP) is 0.486. The zero-order valence-corrected chi connectivity index (χ0v) is 18.6. The van der Waals surface area contributed by atoms with Gasteiger partial charge in [-0.3, -0.25) is 5.32 Å². The van der Waals surface area contributed by atoms with Crippen LogP contribution in [0.25, 0.3) is 0 Å². The van der Waals surface area contributed by atoms with Crippen LogP contribution >= 0.6 is 0 Å². The smallest absolute Gasteiger partial charge is 0.339 e. The van der Waals surface area contributed by atoms with Crippen LogP contribution in [0.3, 0.4) is 0 Å². The molecule has 0 bridgehead atoms. The summed E-state index contributed by atoms with van der Waals surface area (Å²) in [6.45, 7) is 1.54. The quantitative estimate of drug-likeness (QED) is 0.453. The van der Waals surface area contributed by atoms with Gasteiger partial charge in [0.05, 0.1) is 19.8 Å². The summed E-state index contributed by atoms with van der Waals surface area (Å²) in [4.78, 5) is 34.7. The Morgan fingerprint density at radius 2 is 1.74 bits per heavy atom. The Morgan fingerprint density at radius 1 is 1.07 bits per heavy atom. The van der Waals surface area contributed by atoms with Gasteiger partial charge in [0.2, 0.25) is 5.95 Å². The first kappa shape index (κ1) is 22.7. The molecule has 0 aliphatic carbocycles. The van der Waals surface area contributed by atoms with Crippen molar-refractivity contribution in [2.45, 2.75) is 11.8 Å². The molecule has 0 atom stereocenters. The number of hydrogen-bond donors (Lipinski definition) is 2. The van der Waals surface area contributed by atoms with Crippen molar-refractivity contribution in [3.8, 4) is 6.01 Å². The van der Waals surface area contributed by atoms with Crippen LogP contribution in [0.1, 0.15) is 16.2 Å². The Bertz CT molecular complexity index is 953. The number of nitrogens with zero attached hydrogens (tertiary/aromatic N) is 3. The first-order valence-electron chi connectivity index (χ1n) is 7.04. The molecule has 0 fully saturated rings. The summed E-state index contributed by atoms with van der Waals surface area (Å²) in [5.74, 6) is -0.807. The molecule has 0 aliphatic heterocycles. The summed E-state index contributed by atoms with van der Waals surface area (Å²) in [6, 6.07) is 4.12. The molecule has 1 aromatic heterocycles. The summed E-state index contributed by atoms with van der Waals surface area (Å²) in [5, 5.41) is 2.16. The minimum absolute atomic E-state index is 0. The first-order valence-corrected chi connectivity index (χ1v) is 8.53. The number of aromatic nitrogens is 3. The molecule has 2 rings (SSSR count). The summed E-state index contributed by atoms with van der Waals surface area (Å²) in [7, 11) is -1.92. The molecular formula is C14H15N5O6PuS. The fourth-order valence-corrected chi connectivity index (χ4v) is 2.99. The molecule has 1 aromatic carbocycles. The minimum Gasteiger partial charge on any atom is -0.467 e. The van der Waals surface area contributed by atoms with E-state index in [1.54, 1.807) is 4.72 Å². The number of carbonyl (C=O) groups excluding carboxylic acids is 2. The van der Waals surface area contributed by atoms with Crippen LogP contribution < -0.4 is 14.8 Å². The third-order valence-electron chi connectivity index (χ3n) is 2.94. The SMILES string of the molecule is COC(=O)c1ccccc1S(=O)(=O)NC(=O)Nc1nc(C)nc(OC)n1.[Pu]. The number of anilines is 1. The molecule has 0 aliphatic rings. The molecular weight excluding hydrogens is 610 g/mol. The van der Waals surface area contributed by atoms with Crippen LogP contribution in [-0.4, -0.2) is 49.6 Å². The second-order valence-corrected chi connectivity index (χ2v) is 6.39.